The molecule has 116 valence electrons. The van der Waals surface area contributed by atoms with Crippen LogP contribution >= 0.6 is 0 Å². The second kappa shape index (κ2) is 6.48. The number of amides is 1. The Morgan fingerprint density at radius 3 is 2.38 bits per heavy atom. The fourth-order valence-corrected chi connectivity index (χ4v) is 3.05. The molecule has 3 unspecified atom stereocenters. The van der Waals surface area contributed by atoms with Crippen LogP contribution < -0.4 is 10.1 Å². The highest BCUT2D eigenvalue weighted by Crippen LogP contribution is 2.30. The molecule has 1 aliphatic heterocycles. The minimum atomic E-state index is -0.133. The van der Waals surface area contributed by atoms with E-state index in [1.165, 1.54) is 0 Å². The minimum Gasteiger partial charge on any atom is -0.497 e. The van der Waals surface area contributed by atoms with E-state index in [0.29, 0.717) is 5.92 Å². The predicted octanol–water partition coefficient (Wildman–Crippen LogP) is 2.95. The highest BCUT2D eigenvalue weighted by molar-refractivity contribution is 5.84. The average Bonchev–Trinajstić information content (AvgIpc) is 2.74. The average molecular weight is 290 g/mol. The van der Waals surface area contributed by atoms with Crippen molar-refractivity contribution in [2.75, 3.05) is 7.11 Å². The summed E-state index contributed by atoms with van der Waals surface area (Å²) < 4.78 is 5.20. The number of hydrogen-bond donors (Lipinski definition) is 1. The molecule has 1 N–H and O–H groups in total. The van der Waals surface area contributed by atoms with Crippen molar-refractivity contribution < 1.29 is 9.53 Å². The van der Waals surface area contributed by atoms with Crippen LogP contribution in [0.5, 0.6) is 5.75 Å². The Labute approximate surface area is 127 Å². The van der Waals surface area contributed by atoms with E-state index >= 15 is 0 Å². The van der Waals surface area contributed by atoms with E-state index in [1.54, 1.807) is 7.11 Å². The van der Waals surface area contributed by atoms with E-state index in [0.717, 1.165) is 17.7 Å². The molecule has 1 aliphatic rings. The lowest BCUT2D eigenvalue weighted by atomic mass is 10.0. The Balaban J connectivity index is 2.24. The van der Waals surface area contributed by atoms with Crippen molar-refractivity contribution in [2.24, 2.45) is 5.92 Å². The molecule has 4 heteroatoms. The third kappa shape index (κ3) is 3.38. The maximum absolute atomic E-state index is 12.5. The van der Waals surface area contributed by atoms with Gasteiger partial charge in [0.1, 0.15) is 11.9 Å². The maximum Gasteiger partial charge on any atom is 0.241 e. The lowest BCUT2D eigenvalue weighted by Gasteiger charge is -2.31. The topological polar surface area (TPSA) is 41.6 Å². The summed E-state index contributed by atoms with van der Waals surface area (Å²) in [7, 11) is 1.66. The number of nitrogens with one attached hydrogen (secondary N) is 1. The summed E-state index contributed by atoms with van der Waals surface area (Å²) in [6.07, 6.45) is 0.958. The molecule has 0 spiro atoms. The number of carbonyl (C=O) groups is 1. The Hall–Kier alpha value is -1.55. The molecule has 3 atom stereocenters. The molecule has 1 saturated heterocycles. The zero-order valence-electron chi connectivity index (χ0n) is 13.6. The van der Waals surface area contributed by atoms with Crippen molar-refractivity contribution >= 4 is 5.91 Å². The van der Waals surface area contributed by atoms with Crippen LogP contribution in [0, 0.1) is 5.92 Å². The van der Waals surface area contributed by atoms with Crippen molar-refractivity contribution in [2.45, 2.75) is 52.4 Å². The van der Waals surface area contributed by atoms with Gasteiger partial charge in [-0.25, -0.2) is 0 Å². The van der Waals surface area contributed by atoms with Crippen LogP contribution in [-0.4, -0.2) is 30.0 Å². The van der Waals surface area contributed by atoms with Crippen molar-refractivity contribution in [3.05, 3.63) is 29.8 Å². The van der Waals surface area contributed by atoms with Gasteiger partial charge in [-0.1, -0.05) is 26.0 Å². The first-order chi connectivity index (χ1) is 9.93. The molecule has 2 rings (SSSR count). The van der Waals surface area contributed by atoms with E-state index in [4.69, 9.17) is 4.74 Å². The van der Waals surface area contributed by atoms with Gasteiger partial charge in [0.05, 0.1) is 13.2 Å². The molecule has 0 saturated carbocycles. The number of hydrogen-bond acceptors (Lipinski definition) is 3. The van der Waals surface area contributed by atoms with Crippen molar-refractivity contribution in [3.63, 3.8) is 0 Å². The van der Waals surface area contributed by atoms with Crippen molar-refractivity contribution in [3.8, 4) is 5.75 Å². The monoisotopic (exact) mass is 290 g/mol. The molecule has 21 heavy (non-hydrogen) atoms. The van der Waals surface area contributed by atoms with Crippen molar-refractivity contribution in [1.82, 2.24) is 10.2 Å². The van der Waals surface area contributed by atoms with Gasteiger partial charge in [-0.05, 0) is 43.9 Å². The number of ether oxygens (including phenoxy) is 1. The molecule has 1 amide bonds. The van der Waals surface area contributed by atoms with Gasteiger partial charge in [0.2, 0.25) is 5.91 Å². The van der Waals surface area contributed by atoms with Gasteiger partial charge in [0.15, 0.2) is 0 Å². The molecule has 1 fully saturated rings. The Bertz CT molecular complexity index is 484. The summed E-state index contributed by atoms with van der Waals surface area (Å²) in [5.41, 5.74) is 1.10. The zero-order chi connectivity index (χ0) is 15.6. The summed E-state index contributed by atoms with van der Waals surface area (Å²) in [5, 5.41) is 3.40. The second-order valence-electron chi connectivity index (χ2n) is 6.29. The first-order valence-electron chi connectivity index (χ1n) is 7.66. The molecule has 1 aromatic rings. The van der Waals surface area contributed by atoms with Gasteiger partial charge < -0.3 is 9.64 Å². The Kier molecular flexibility index (Phi) is 4.88. The summed E-state index contributed by atoms with van der Waals surface area (Å²) >= 11 is 0. The molecular formula is C17H26N2O2. The smallest absolute Gasteiger partial charge is 0.241 e. The van der Waals surface area contributed by atoms with Crippen LogP contribution in [-0.2, 0) is 4.79 Å². The molecule has 1 aromatic carbocycles. The van der Waals surface area contributed by atoms with E-state index in [1.807, 2.05) is 36.1 Å². The van der Waals surface area contributed by atoms with Crippen LogP contribution in [0.1, 0.15) is 45.8 Å². The quantitative estimate of drug-likeness (QED) is 0.906. The zero-order valence-corrected chi connectivity index (χ0v) is 13.6. The van der Waals surface area contributed by atoms with E-state index in [9.17, 15) is 4.79 Å². The first kappa shape index (κ1) is 15.8. The normalized spacial score (nSPS) is 23.7. The lowest BCUT2D eigenvalue weighted by molar-refractivity contribution is -0.132. The highest BCUT2D eigenvalue weighted by atomic mass is 16.5. The Morgan fingerprint density at radius 2 is 1.86 bits per heavy atom. The fourth-order valence-electron chi connectivity index (χ4n) is 3.05. The Morgan fingerprint density at radius 1 is 1.24 bits per heavy atom. The van der Waals surface area contributed by atoms with Crippen LogP contribution in [0.3, 0.4) is 0 Å². The molecule has 0 aromatic heterocycles. The van der Waals surface area contributed by atoms with E-state index in [-0.39, 0.29) is 24.2 Å². The van der Waals surface area contributed by atoms with Crippen LogP contribution in [0.2, 0.25) is 0 Å². The number of benzene rings is 1. The minimum absolute atomic E-state index is 0.0489. The third-order valence-electron chi connectivity index (χ3n) is 4.03. The summed E-state index contributed by atoms with van der Waals surface area (Å²) in [6.45, 7) is 8.45. The van der Waals surface area contributed by atoms with Gasteiger partial charge >= 0.3 is 0 Å². The molecule has 4 nitrogen and oxygen atoms in total. The standard InChI is InChI=1S/C17H26N2O2/c1-11(2)10-12(3)19-16(18-13(4)17(19)20)14-6-8-15(21-5)9-7-14/h6-9,11-13,16,18H,10H2,1-5H3. The van der Waals surface area contributed by atoms with Crippen LogP contribution in [0.25, 0.3) is 0 Å². The highest BCUT2D eigenvalue weighted by Gasteiger charge is 2.39. The predicted molar refractivity (Wildman–Crippen MR) is 84.1 cm³/mol. The van der Waals surface area contributed by atoms with Crippen LogP contribution in [0.15, 0.2) is 24.3 Å². The van der Waals surface area contributed by atoms with E-state index < -0.39 is 0 Å². The molecular weight excluding hydrogens is 264 g/mol. The van der Waals surface area contributed by atoms with E-state index in [2.05, 4.69) is 26.1 Å². The number of nitrogens with zero attached hydrogens (tertiary/aromatic N) is 1. The van der Waals surface area contributed by atoms with Gasteiger partial charge in [0.25, 0.3) is 0 Å². The van der Waals surface area contributed by atoms with Crippen LogP contribution in [0.4, 0.5) is 0 Å². The summed E-state index contributed by atoms with van der Waals surface area (Å²) in [5.74, 6) is 1.59. The lowest BCUT2D eigenvalue weighted by Crippen LogP contribution is -2.39. The van der Waals surface area contributed by atoms with Crippen molar-refractivity contribution in [1.29, 1.82) is 0 Å². The maximum atomic E-state index is 12.5. The van der Waals surface area contributed by atoms with Gasteiger partial charge in [-0.2, -0.15) is 0 Å². The number of rotatable bonds is 5. The fraction of sp³-hybridized carbons (Fsp3) is 0.588. The first-order valence-corrected chi connectivity index (χ1v) is 7.66. The molecule has 0 bridgehead atoms. The summed E-state index contributed by atoms with van der Waals surface area (Å²) in [6, 6.07) is 8.02. The number of methoxy groups -OCH3 is 1. The third-order valence-corrected chi connectivity index (χ3v) is 4.03. The molecule has 1 heterocycles. The SMILES string of the molecule is COc1ccc(C2NC(C)C(=O)N2C(C)CC(C)C)cc1. The number of carbonyl (C=O) groups excluding carboxylic acids is 1. The van der Waals surface area contributed by atoms with Gasteiger partial charge in [-0.15, -0.1) is 0 Å². The summed E-state index contributed by atoms with van der Waals surface area (Å²) in [4.78, 5) is 14.5. The molecule has 0 radical (unpaired) electrons. The molecule has 0 aliphatic carbocycles. The second-order valence-corrected chi connectivity index (χ2v) is 6.29. The van der Waals surface area contributed by atoms with Gasteiger partial charge in [-0.3, -0.25) is 10.1 Å². The largest absolute Gasteiger partial charge is 0.497 e. The van der Waals surface area contributed by atoms with Gasteiger partial charge in [0, 0.05) is 6.04 Å².